The van der Waals surface area contributed by atoms with Gasteiger partial charge >= 0.3 is 6.03 Å². The molecule has 3 amide bonds. The SMILES string of the molecule is CC(C)[C@@H](C)NC(=O)Nc1ccc(N2CCNC(=O)C2)c(Cl)c1. The van der Waals surface area contributed by atoms with Gasteiger partial charge < -0.3 is 20.9 Å². The molecule has 7 heteroatoms. The number of halogens is 1. The Hall–Kier alpha value is -1.95. The third-order valence-corrected chi connectivity index (χ3v) is 4.25. The summed E-state index contributed by atoms with van der Waals surface area (Å²) in [4.78, 5) is 25.3. The molecular formula is C16H23ClN4O2. The van der Waals surface area contributed by atoms with Crippen molar-refractivity contribution in [3.05, 3.63) is 23.2 Å². The van der Waals surface area contributed by atoms with Crippen molar-refractivity contribution in [3.8, 4) is 0 Å². The predicted molar refractivity (Wildman–Crippen MR) is 93.1 cm³/mol. The number of amides is 3. The van der Waals surface area contributed by atoms with E-state index in [4.69, 9.17) is 11.6 Å². The zero-order valence-corrected chi connectivity index (χ0v) is 14.4. The van der Waals surface area contributed by atoms with E-state index in [2.05, 4.69) is 16.0 Å². The van der Waals surface area contributed by atoms with Gasteiger partial charge in [0.25, 0.3) is 0 Å². The zero-order valence-electron chi connectivity index (χ0n) is 13.6. The lowest BCUT2D eigenvalue weighted by Crippen LogP contribution is -2.47. The molecule has 1 aliphatic heterocycles. The van der Waals surface area contributed by atoms with E-state index in [1.807, 2.05) is 31.7 Å². The fraction of sp³-hybridized carbons (Fsp3) is 0.500. The molecule has 23 heavy (non-hydrogen) atoms. The number of carbonyl (C=O) groups is 2. The fourth-order valence-electron chi connectivity index (χ4n) is 2.23. The van der Waals surface area contributed by atoms with Gasteiger partial charge in [0.05, 0.1) is 17.3 Å². The summed E-state index contributed by atoms with van der Waals surface area (Å²) in [5.41, 5.74) is 1.41. The summed E-state index contributed by atoms with van der Waals surface area (Å²) >= 11 is 6.31. The molecule has 0 radical (unpaired) electrons. The summed E-state index contributed by atoms with van der Waals surface area (Å²) in [6, 6.07) is 5.13. The summed E-state index contributed by atoms with van der Waals surface area (Å²) in [5, 5.41) is 8.94. The fourth-order valence-corrected chi connectivity index (χ4v) is 2.53. The Bertz CT molecular complexity index is 591. The van der Waals surface area contributed by atoms with Crippen molar-refractivity contribution >= 4 is 34.9 Å². The van der Waals surface area contributed by atoms with Crippen LogP contribution in [-0.2, 0) is 4.79 Å². The number of urea groups is 1. The molecule has 3 N–H and O–H groups in total. The maximum absolute atomic E-state index is 11.9. The summed E-state index contributed by atoms with van der Waals surface area (Å²) in [5.74, 6) is 0.341. The quantitative estimate of drug-likeness (QED) is 0.789. The molecule has 0 spiro atoms. The van der Waals surface area contributed by atoms with Gasteiger partial charge in [0, 0.05) is 24.8 Å². The van der Waals surface area contributed by atoms with Crippen molar-refractivity contribution in [2.75, 3.05) is 29.9 Å². The number of carbonyl (C=O) groups excluding carboxylic acids is 2. The highest BCUT2D eigenvalue weighted by Crippen LogP contribution is 2.29. The largest absolute Gasteiger partial charge is 0.359 e. The van der Waals surface area contributed by atoms with Crippen LogP contribution in [0.5, 0.6) is 0 Å². The van der Waals surface area contributed by atoms with E-state index in [1.165, 1.54) is 0 Å². The molecule has 1 atom stereocenters. The van der Waals surface area contributed by atoms with Crippen LogP contribution < -0.4 is 20.9 Å². The highest BCUT2D eigenvalue weighted by molar-refractivity contribution is 6.33. The van der Waals surface area contributed by atoms with Crippen molar-refractivity contribution in [1.82, 2.24) is 10.6 Å². The van der Waals surface area contributed by atoms with E-state index in [-0.39, 0.29) is 18.0 Å². The molecule has 0 bridgehead atoms. The summed E-state index contributed by atoms with van der Waals surface area (Å²) in [6.07, 6.45) is 0. The lowest BCUT2D eigenvalue weighted by molar-refractivity contribution is -0.120. The average molecular weight is 339 g/mol. The van der Waals surface area contributed by atoms with Gasteiger partial charge in [-0.1, -0.05) is 25.4 Å². The molecule has 0 unspecified atom stereocenters. The Balaban J connectivity index is 2.01. The van der Waals surface area contributed by atoms with Gasteiger partial charge in [-0.05, 0) is 31.0 Å². The van der Waals surface area contributed by atoms with Gasteiger partial charge in [0.1, 0.15) is 0 Å². The van der Waals surface area contributed by atoms with E-state index < -0.39 is 0 Å². The first-order valence-electron chi connectivity index (χ1n) is 7.75. The van der Waals surface area contributed by atoms with E-state index in [1.54, 1.807) is 12.1 Å². The standard InChI is InChI=1S/C16H23ClN4O2/c1-10(2)11(3)19-16(23)20-12-4-5-14(13(17)8-12)21-7-6-18-15(22)9-21/h4-5,8,10-11H,6-7,9H2,1-3H3,(H,18,22)(H2,19,20,23)/t11-/m1/s1. The molecule has 126 valence electrons. The maximum atomic E-state index is 11.9. The van der Waals surface area contributed by atoms with Crippen molar-refractivity contribution in [3.63, 3.8) is 0 Å². The minimum Gasteiger partial charge on any atom is -0.359 e. The van der Waals surface area contributed by atoms with Crippen LogP contribution in [0, 0.1) is 5.92 Å². The first-order valence-corrected chi connectivity index (χ1v) is 8.13. The highest BCUT2D eigenvalue weighted by Gasteiger charge is 2.19. The molecule has 1 fully saturated rings. The monoisotopic (exact) mass is 338 g/mol. The number of benzene rings is 1. The smallest absolute Gasteiger partial charge is 0.319 e. The van der Waals surface area contributed by atoms with Crippen molar-refractivity contribution in [2.24, 2.45) is 5.92 Å². The van der Waals surface area contributed by atoms with Crippen molar-refractivity contribution < 1.29 is 9.59 Å². The molecule has 1 heterocycles. The molecule has 1 saturated heterocycles. The molecule has 1 aromatic carbocycles. The van der Waals surface area contributed by atoms with Gasteiger partial charge in [-0.3, -0.25) is 4.79 Å². The van der Waals surface area contributed by atoms with Gasteiger partial charge in [-0.2, -0.15) is 0 Å². The van der Waals surface area contributed by atoms with Crippen molar-refractivity contribution in [2.45, 2.75) is 26.8 Å². The van der Waals surface area contributed by atoms with Crippen LogP contribution in [0.25, 0.3) is 0 Å². The normalized spacial score (nSPS) is 16.0. The van der Waals surface area contributed by atoms with Crippen LogP contribution in [-0.4, -0.2) is 37.6 Å². The van der Waals surface area contributed by atoms with Crippen LogP contribution >= 0.6 is 11.6 Å². The molecule has 1 aromatic rings. The number of hydrogen-bond acceptors (Lipinski definition) is 3. The third kappa shape index (κ3) is 4.76. The minimum atomic E-state index is -0.257. The van der Waals surface area contributed by atoms with E-state index in [9.17, 15) is 9.59 Å². The summed E-state index contributed by atoms with van der Waals surface area (Å²) < 4.78 is 0. The molecule has 0 aliphatic carbocycles. The molecule has 0 aromatic heterocycles. The summed E-state index contributed by atoms with van der Waals surface area (Å²) in [7, 11) is 0. The Kier molecular flexibility index (Phi) is 5.71. The molecule has 1 aliphatic rings. The molecule has 6 nitrogen and oxygen atoms in total. The van der Waals surface area contributed by atoms with Gasteiger partial charge in [-0.15, -0.1) is 0 Å². The van der Waals surface area contributed by atoms with Crippen LogP contribution in [0.3, 0.4) is 0 Å². The second-order valence-electron chi connectivity index (χ2n) is 6.07. The number of hydrogen-bond donors (Lipinski definition) is 3. The molecule has 2 rings (SSSR count). The lowest BCUT2D eigenvalue weighted by atomic mass is 10.1. The van der Waals surface area contributed by atoms with Crippen LogP contribution in [0.4, 0.5) is 16.2 Å². The van der Waals surface area contributed by atoms with E-state index in [0.29, 0.717) is 36.3 Å². The van der Waals surface area contributed by atoms with Crippen molar-refractivity contribution in [1.29, 1.82) is 0 Å². The Labute approximate surface area is 141 Å². The molecular weight excluding hydrogens is 316 g/mol. The first-order chi connectivity index (χ1) is 10.9. The third-order valence-electron chi connectivity index (χ3n) is 3.94. The number of anilines is 2. The van der Waals surface area contributed by atoms with Crippen LogP contribution in [0.1, 0.15) is 20.8 Å². The van der Waals surface area contributed by atoms with Crippen LogP contribution in [0.15, 0.2) is 18.2 Å². The topological polar surface area (TPSA) is 73.5 Å². The second-order valence-corrected chi connectivity index (χ2v) is 6.48. The Morgan fingerprint density at radius 2 is 2.09 bits per heavy atom. The predicted octanol–water partition coefficient (Wildman–Crippen LogP) is 2.44. The minimum absolute atomic E-state index is 0.0171. The summed E-state index contributed by atoms with van der Waals surface area (Å²) in [6.45, 7) is 7.66. The number of nitrogens with one attached hydrogen (secondary N) is 3. The number of rotatable bonds is 4. The van der Waals surface area contributed by atoms with E-state index >= 15 is 0 Å². The maximum Gasteiger partial charge on any atom is 0.319 e. The number of nitrogens with zero attached hydrogens (tertiary/aromatic N) is 1. The zero-order chi connectivity index (χ0) is 17.0. The lowest BCUT2D eigenvalue weighted by Gasteiger charge is -2.29. The van der Waals surface area contributed by atoms with Gasteiger partial charge in [0.2, 0.25) is 5.91 Å². The Morgan fingerprint density at radius 1 is 1.35 bits per heavy atom. The molecule has 0 saturated carbocycles. The van der Waals surface area contributed by atoms with E-state index in [0.717, 1.165) is 5.69 Å². The Morgan fingerprint density at radius 3 is 2.70 bits per heavy atom. The van der Waals surface area contributed by atoms with Crippen LogP contribution in [0.2, 0.25) is 5.02 Å². The highest BCUT2D eigenvalue weighted by atomic mass is 35.5. The van der Waals surface area contributed by atoms with Gasteiger partial charge in [0.15, 0.2) is 0 Å². The first kappa shape index (κ1) is 17.4. The van der Waals surface area contributed by atoms with Gasteiger partial charge in [-0.25, -0.2) is 4.79 Å². The second kappa shape index (κ2) is 7.55. The average Bonchev–Trinajstić information content (AvgIpc) is 2.47. The number of piperazine rings is 1.